The lowest BCUT2D eigenvalue weighted by Gasteiger charge is -2.36. The molecule has 0 spiro atoms. The molecule has 5 N–H and O–H groups in total. The SMILES string of the molecule is CN[C@H]1CSSC[C@@H](C(=O)N(C)[C@@H](CSC)C(=O)N(C)C[C@@H](NC(=O)OC(C)(C)C)C(=O)NCC(=O)O)N(C)C(=O)CCC(=O)[C@H](NC(=O)OC(C)(C)C)CN(C)C(=O)[C@H](CSC)N(C)C1=O. The lowest BCUT2D eigenvalue weighted by atomic mass is 10.1. The van der Waals surface area contributed by atoms with Crippen molar-refractivity contribution in [3.8, 4) is 0 Å². The number of nitrogens with one attached hydrogen (secondary N) is 4. The van der Waals surface area contributed by atoms with Gasteiger partial charge in [0.15, 0.2) is 5.78 Å². The molecule has 8 amide bonds. The van der Waals surface area contributed by atoms with Gasteiger partial charge in [0.25, 0.3) is 0 Å². The Morgan fingerprint density at radius 2 is 1.42 bits per heavy atom. The van der Waals surface area contributed by atoms with E-state index >= 15 is 0 Å². The zero-order chi connectivity index (χ0) is 51.6. The van der Waals surface area contributed by atoms with E-state index in [1.165, 1.54) is 99.9 Å². The summed E-state index contributed by atoms with van der Waals surface area (Å²) in [6.07, 6.45) is 0.761. The number of amides is 8. The molecule has 1 aliphatic heterocycles. The number of ketones is 1. The van der Waals surface area contributed by atoms with Crippen LogP contribution < -0.4 is 21.3 Å². The van der Waals surface area contributed by atoms with Crippen LogP contribution in [0.1, 0.15) is 54.4 Å². The van der Waals surface area contributed by atoms with Crippen molar-refractivity contribution < 1.29 is 62.5 Å². The smallest absolute Gasteiger partial charge is 0.408 e. The molecule has 1 aliphatic rings. The van der Waals surface area contributed by atoms with E-state index in [1.54, 1.807) is 61.1 Å². The number of nitrogens with zero attached hydrogens (tertiary/aromatic N) is 5. The van der Waals surface area contributed by atoms with Gasteiger partial charge in [0.1, 0.15) is 48.0 Å². The molecule has 22 nitrogen and oxygen atoms in total. The Morgan fingerprint density at radius 1 is 0.836 bits per heavy atom. The third-order valence-electron chi connectivity index (χ3n) is 9.94. The molecule has 382 valence electrons. The van der Waals surface area contributed by atoms with Crippen molar-refractivity contribution in [3.05, 3.63) is 0 Å². The summed E-state index contributed by atoms with van der Waals surface area (Å²) in [5.41, 5.74) is -1.88. The molecule has 1 rings (SSSR count). The maximum absolute atomic E-state index is 14.6. The number of likely N-dealkylation sites (N-methyl/N-ethyl adjacent to an activating group) is 6. The van der Waals surface area contributed by atoms with E-state index in [-0.39, 0.29) is 29.6 Å². The van der Waals surface area contributed by atoms with E-state index in [2.05, 4.69) is 21.3 Å². The van der Waals surface area contributed by atoms with Crippen LogP contribution in [0.5, 0.6) is 0 Å². The fourth-order valence-electron chi connectivity index (χ4n) is 6.26. The maximum Gasteiger partial charge on any atom is 0.408 e. The van der Waals surface area contributed by atoms with Crippen LogP contribution in [0.2, 0.25) is 0 Å². The summed E-state index contributed by atoms with van der Waals surface area (Å²) < 4.78 is 10.7. The Labute approximate surface area is 410 Å². The summed E-state index contributed by atoms with van der Waals surface area (Å²) in [4.78, 5) is 141. The molecule has 0 bridgehead atoms. The summed E-state index contributed by atoms with van der Waals surface area (Å²) in [7, 11) is 11.1. The van der Waals surface area contributed by atoms with E-state index in [9.17, 15) is 47.9 Å². The van der Waals surface area contributed by atoms with Gasteiger partial charge in [-0.25, -0.2) is 9.59 Å². The number of hydrogen-bond donors (Lipinski definition) is 5. The molecule has 67 heavy (non-hydrogen) atoms. The van der Waals surface area contributed by atoms with E-state index in [0.717, 1.165) is 4.90 Å². The second kappa shape index (κ2) is 28.4. The van der Waals surface area contributed by atoms with Gasteiger partial charge >= 0.3 is 18.2 Å². The summed E-state index contributed by atoms with van der Waals surface area (Å²) in [6.45, 7) is 8.18. The highest BCUT2D eigenvalue weighted by Gasteiger charge is 2.39. The van der Waals surface area contributed by atoms with E-state index < -0.39 is 133 Å². The maximum atomic E-state index is 14.6. The van der Waals surface area contributed by atoms with Crippen LogP contribution in [0.25, 0.3) is 0 Å². The Morgan fingerprint density at radius 3 is 1.96 bits per heavy atom. The fraction of sp³-hybridized carbons (Fsp3) is 0.756. The number of carbonyl (C=O) groups excluding carboxylic acids is 9. The van der Waals surface area contributed by atoms with Gasteiger partial charge in [-0.1, -0.05) is 21.6 Å². The van der Waals surface area contributed by atoms with Crippen molar-refractivity contribution >= 4 is 104 Å². The lowest BCUT2D eigenvalue weighted by Crippen LogP contribution is -2.59. The molecule has 0 aliphatic carbocycles. The van der Waals surface area contributed by atoms with Crippen molar-refractivity contribution in [1.29, 1.82) is 0 Å². The molecule has 1 fully saturated rings. The Bertz CT molecular complexity index is 1770. The zero-order valence-electron chi connectivity index (χ0n) is 41.0. The van der Waals surface area contributed by atoms with Crippen molar-refractivity contribution in [1.82, 2.24) is 45.8 Å². The largest absolute Gasteiger partial charge is 0.480 e. The highest BCUT2D eigenvalue weighted by atomic mass is 33.1. The molecule has 26 heteroatoms. The number of ether oxygens (including phenoxy) is 2. The molecule has 0 unspecified atom stereocenters. The third-order valence-corrected chi connectivity index (χ3v) is 13.6. The summed E-state index contributed by atoms with van der Waals surface area (Å²) in [5.74, 6) is -5.24. The minimum Gasteiger partial charge on any atom is -0.480 e. The molecule has 0 aromatic heterocycles. The first-order valence-corrected chi connectivity index (χ1v) is 26.5. The molecule has 0 radical (unpaired) electrons. The van der Waals surface area contributed by atoms with Gasteiger partial charge in [0, 0.05) is 84.2 Å². The molecule has 0 aromatic carbocycles. The van der Waals surface area contributed by atoms with Crippen LogP contribution in [0.4, 0.5) is 9.59 Å². The predicted octanol–water partition coefficient (Wildman–Crippen LogP) is 0.430. The van der Waals surface area contributed by atoms with E-state index in [1.807, 2.05) is 0 Å². The third kappa shape index (κ3) is 21.0. The standard InChI is InChI=1S/C41H71N9O13S4/c1-40(2,3)62-38(60)44-24-18-46(8)35(57)27(21-64-13)49(11)34(56)26(42-7)20-66-67-23-29(48(10)31(52)16-15-30(24)51)37(59)50(12)28(22-65-14)36(58)47(9)19-25(33(55)43-17-32(53)54)45-39(61)63-41(4,5)6/h24-29,42H,15-23H2,1-14H3,(H,43,55)(H,44,60)(H,45,61)(H,53,54)/t24-,25-,26+,27+,28+,29+/m1/s1. The predicted molar refractivity (Wildman–Crippen MR) is 261 cm³/mol. The number of rotatable bonds is 15. The minimum absolute atomic E-state index is 0.0344. The summed E-state index contributed by atoms with van der Waals surface area (Å²) in [5, 5.41) is 19.2. The van der Waals surface area contributed by atoms with Crippen LogP contribution in [-0.2, 0) is 47.8 Å². The Kier molecular flexibility index (Phi) is 25.8. The molecular weight excluding hydrogens is 955 g/mol. The van der Waals surface area contributed by atoms with Gasteiger partial charge in [-0.05, 0) is 61.1 Å². The van der Waals surface area contributed by atoms with Crippen LogP contribution in [0.3, 0.4) is 0 Å². The minimum atomic E-state index is -1.47. The topological polar surface area (TPSA) is 274 Å². The summed E-state index contributed by atoms with van der Waals surface area (Å²) in [6, 6.07) is -6.92. The van der Waals surface area contributed by atoms with Crippen molar-refractivity contribution in [2.45, 2.75) is 102 Å². The van der Waals surface area contributed by atoms with E-state index in [0.29, 0.717) is 0 Å². The van der Waals surface area contributed by atoms with Crippen LogP contribution in [-0.4, -0.2) is 234 Å². The fourth-order valence-corrected chi connectivity index (χ4v) is 10.1. The first kappa shape index (κ1) is 60.9. The average molecular weight is 1030 g/mol. The van der Waals surface area contributed by atoms with Crippen molar-refractivity contribution in [3.63, 3.8) is 0 Å². The van der Waals surface area contributed by atoms with Crippen LogP contribution >= 0.6 is 45.1 Å². The second-order valence-electron chi connectivity index (χ2n) is 17.7. The van der Waals surface area contributed by atoms with Gasteiger partial charge < -0.3 is 60.3 Å². The number of carboxylic acids is 1. The lowest BCUT2D eigenvalue weighted by molar-refractivity contribution is -0.148. The molecule has 1 saturated heterocycles. The van der Waals surface area contributed by atoms with Gasteiger partial charge in [-0.3, -0.25) is 38.4 Å². The van der Waals surface area contributed by atoms with Gasteiger partial charge in [0.05, 0.1) is 6.04 Å². The Balaban J connectivity index is 3.67. The summed E-state index contributed by atoms with van der Waals surface area (Å²) >= 11 is 2.58. The van der Waals surface area contributed by atoms with Gasteiger partial charge in [0.2, 0.25) is 35.4 Å². The zero-order valence-corrected chi connectivity index (χ0v) is 44.3. The Hall–Kier alpha value is -4.14. The first-order chi connectivity index (χ1) is 31.0. The molecule has 6 atom stereocenters. The quantitative estimate of drug-likeness (QED) is 0.139. The van der Waals surface area contributed by atoms with Crippen molar-refractivity contribution in [2.75, 3.05) is 97.4 Å². The molecular formula is C41H71N9O13S4. The number of alkyl carbamates (subject to hydrolysis) is 2. The normalized spacial score (nSPS) is 20.7. The second-order valence-corrected chi connectivity index (χ2v) is 22.1. The average Bonchev–Trinajstić information content (AvgIpc) is 3.22. The van der Waals surface area contributed by atoms with Crippen molar-refractivity contribution in [2.24, 2.45) is 0 Å². The first-order valence-electron chi connectivity index (χ1n) is 21.2. The number of hydrogen-bond acceptors (Lipinski definition) is 17. The van der Waals surface area contributed by atoms with Gasteiger partial charge in [-0.2, -0.15) is 23.5 Å². The highest BCUT2D eigenvalue weighted by Crippen LogP contribution is 2.27. The number of Topliss-reactive ketones (excluding diaryl/α,β-unsaturated/α-hetero) is 1. The monoisotopic (exact) mass is 1030 g/mol. The highest BCUT2D eigenvalue weighted by molar-refractivity contribution is 8.76. The molecule has 0 saturated carbocycles. The number of carboxylic acid groups (broad SMARTS) is 1. The van der Waals surface area contributed by atoms with Crippen LogP contribution in [0, 0.1) is 0 Å². The molecule has 0 aromatic rings. The number of thioether (sulfide) groups is 2. The van der Waals surface area contributed by atoms with Gasteiger partial charge in [-0.15, -0.1) is 0 Å². The van der Waals surface area contributed by atoms with E-state index in [4.69, 9.17) is 14.6 Å². The van der Waals surface area contributed by atoms with Crippen LogP contribution in [0.15, 0.2) is 0 Å². The molecule has 1 heterocycles. The number of aliphatic carboxylic acids is 1. The number of carbonyl (C=O) groups is 10.